The van der Waals surface area contributed by atoms with Crippen molar-refractivity contribution in [3.05, 3.63) is 0 Å². The molecule has 17 heavy (non-hydrogen) atoms. The Morgan fingerprint density at radius 2 is 1.47 bits per heavy atom. The van der Waals surface area contributed by atoms with E-state index >= 15 is 0 Å². The molecule has 0 spiro atoms. The predicted octanol–water partition coefficient (Wildman–Crippen LogP) is 1.42. The van der Waals surface area contributed by atoms with Gasteiger partial charge in [-0.15, -0.1) is 0 Å². The standard InChI is InChI=1S/C12H23NO4/c1-10(2,9(15)16)12(5,6)13-8(14)11(3,4)17-7/h1-7H3,(H,13,14)(H,15,16). The number of aliphatic carboxylic acids is 1. The Hall–Kier alpha value is -1.10. The van der Waals surface area contributed by atoms with E-state index in [0.29, 0.717) is 0 Å². The van der Waals surface area contributed by atoms with Crippen molar-refractivity contribution in [1.29, 1.82) is 0 Å². The van der Waals surface area contributed by atoms with Crippen molar-refractivity contribution >= 4 is 11.9 Å². The van der Waals surface area contributed by atoms with E-state index in [9.17, 15) is 9.59 Å². The number of hydrogen-bond donors (Lipinski definition) is 2. The van der Waals surface area contributed by atoms with Gasteiger partial charge in [-0.05, 0) is 41.5 Å². The van der Waals surface area contributed by atoms with E-state index in [-0.39, 0.29) is 5.91 Å². The molecule has 1 amide bonds. The van der Waals surface area contributed by atoms with Gasteiger partial charge in [0.05, 0.1) is 11.0 Å². The number of methoxy groups -OCH3 is 1. The van der Waals surface area contributed by atoms with Gasteiger partial charge in [0.2, 0.25) is 0 Å². The third-order valence-electron chi connectivity index (χ3n) is 3.58. The maximum Gasteiger partial charge on any atom is 0.311 e. The summed E-state index contributed by atoms with van der Waals surface area (Å²) in [7, 11) is 1.44. The molecule has 5 heteroatoms. The van der Waals surface area contributed by atoms with E-state index < -0.39 is 22.5 Å². The van der Waals surface area contributed by atoms with Crippen LogP contribution >= 0.6 is 0 Å². The summed E-state index contributed by atoms with van der Waals surface area (Å²) in [5.74, 6) is -1.29. The largest absolute Gasteiger partial charge is 0.481 e. The molecule has 0 aliphatic heterocycles. The maximum absolute atomic E-state index is 12.0. The molecule has 0 bridgehead atoms. The first kappa shape index (κ1) is 15.9. The summed E-state index contributed by atoms with van der Waals surface area (Å²) in [6.07, 6.45) is 0. The molecule has 0 aromatic heterocycles. The highest BCUT2D eigenvalue weighted by molar-refractivity contribution is 5.86. The molecule has 5 nitrogen and oxygen atoms in total. The minimum Gasteiger partial charge on any atom is -0.481 e. The molecule has 0 radical (unpaired) electrons. The molecule has 0 saturated carbocycles. The zero-order valence-electron chi connectivity index (χ0n) is 11.7. The summed E-state index contributed by atoms with van der Waals surface area (Å²) in [6, 6.07) is 0. The lowest BCUT2D eigenvalue weighted by Crippen LogP contribution is -2.60. The van der Waals surface area contributed by atoms with Crippen LogP contribution in [0.3, 0.4) is 0 Å². The SMILES string of the molecule is COC(C)(C)C(=O)NC(C)(C)C(C)(C)C(=O)O. The molecule has 0 rings (SSSR count). The molecule has 0 aromatic carbocycles. The highest BCUT2D eigenvalue weighted by Gasteiger charge is 2.46. The summed E-state index contributed by atoms with van der Waals surface area (Å²) in [5.41, 5.74) is -2.94. The number of amides is 1. The van der Waals surface area contributed by atoms with E-state index in [1.54, 1.807) is 41.5 Å². The van der Waals surface area contributed by atoms with Gasteiger partial charge in [-0.2, -0.15) is 0 Å². The van der Waals surface area contributed by atoms with Gasteiger partial charge >= 0.3 is 5.97 Å². The summed E-state index contributed by atoms with van der Waals surface area (Å²) < 4.78 is 5.06. The number of ether oxygens (including phenoxy) is 1. The van der Waals surface area contributed by atoms with Crippen LogP contribution in [-0.4, -0.2) is 35.2 Å². The molecular formula is C12H23NO4. The van der Waals surface area contributed by atoms with Crippen LogP contribution in [-0.2, 0) is 14.3 Å². The van der Waals surface area contributed by atoms with Crippen LogP contribution in [0.1, 0.15) is 41.5 Å². The molecule has 2 N–H and O–H groups in total. The van der Waals surface area contributed by atoms with E-state index in [1.807, 2.05) is 0 Å². The Balaban J connectivity index is 5.02. The lowest BCUT2D eigenvalue weighted by Gasteiger charge is -2.40. The van der Waals surface area contributed by atoms with Crippen LogP contribution < -0.4 is 5.32 Å². The second-order valence-electron chi connectivity index (χ2n) is 5.72. The number of carboxylic acid groups (broad SMARTS) is 1. The van der Waals surface area contributed by atoms with Crippen molar-refractivity contribution in [1.82, 2.24) is 5.32 Å². The summed E-state index contributed by atoms with van der Waals surface area (Å²) >= 11 is 0. The quantitative estimate of drug-likeness (QED) is 0.768. The topological polar surface area (TPSA) is 75.6 Å². The number of hydrogen-bond acceptors (Lipinski definition) is 3. The fourth-order valence-electron chi connectivity index (χ4n) is 0.951. The molecule has 0 fully saturated rings. The molecule has 0 aromatic rings. The minimum atomic E-state index is -1.08. The van der Waals surface area contributed by atoms with E-state index in [1.165, 1.54) is 7.11 Å². The van der Waals surface area contributed by atoms with Crippen LogP contribution in [0.2, 0.25) is 0 Å². The molecule has 0 saturated heterocycles. The number of nitrogens with one attached hydrogen (secondary N) is 1. The number of rotatable bonds is 5. The summed E-state index contributed by atoms with van der Waals surface area (Å²) in [6.45, 7) is 9.79. The summed E-state index contributed by atoms with van der Waals surface area (Å²) in [5, 5.41) is 11.9. The second-order valence-corrected chi connectivity index (χ2v) is 5.72. The van der Waals surface area contributed by atoms with E-state index in [4.69, 9.17) is 9.84 Å². The molecule has 0 heterocycles. The van der Waals surface area contributed by atoms with Crippen LogP contribution in [0.4, 0.5) is 0 Å². The Morgan fingerprint density at radius 1 is 1.06 bits per heavy atom. The predicted molar refractivity (Wildman–Crippen MR) is 64.7 cm³/mol. The van der Waals surface area contributed by atoms with Crippen molar-refractivity contribution in [3.8, 4) is 0 Å². The lowest BCUT2D eigenvalue weighted by molar-refractivity contribution is -0.154. The van der Waals surface area contributed by atoms with Crippen LogP contribution in [0.15, 0.2) is 0 Å². The van der Waals surface area contributed by atoms with Gasteiger partial charge in [-0.3, -0.25) is 9.59 Å². The zero-order valence-corrected chi connectivity index (χ0v) is 11.7. The Labute approximate surface area is 103 Å². The monoisotopic (exact) mass is 245 g/mol. The van der Waals surface area contributed by atoms with Gasteiger partial charge in [-0.1, -0.05) is 0 Å². The average molecular weight is 245 g/mol. The molecule has 100 valence electrons. The normalized spacial score (nSPS) is 13.4. The minimum absolute atomic E-state index is 0.334. The summed E-state index contributed by atoms with van der Waals surface area (Å²) in [4.78, 5) is 23.1. The average Bonchev–Trinajstić information content (AvgIpc) is 2.16. The van der Waals surface area contributed by atoms with Gasteiger partial charge in [0, 0.05) is 7.11 Å². The molecule has 0 atom stereocenters. The van der Waals surface area contributed by atoms with Gasteiger partial charge in [0.1, 0.15) is 5.60 Å². The van der Waals surface area contributed by atoms with Crippen LogP contribution in [0.25, 0.3) is 0 Å². The Morgan fingerprint density at radius 3 is 1.76 bits per heavy atom. The van der Waals surface area contributed by atoms with Gasteiger partial charge < -0.3 is 15.2 Å². The van der Waals surface area contributed by atoms with E-state index in [2.05, 4.69) is 5.32 Å². The smallest absolute Gasteiger partial charge is 0.311 e. The second kappa shape index (κ2) is 4.64. The fourth-order valence-corrected chi connectivity index (χ4v) is 0.951. The lowest BCUT2D eigenvalue weighted by atomic mass is 9.74. The van der Waals surface area contributed by atoms with Crippen LogP contribution in [0, 0.1) is 5.41 Å². The molecule has 0 aliphatic carbocycles. The van der Waals surface area contributed by atoms with Gasteiger partial charge in [0.25, 0.3) is 5.91 Å². The third kappa shape index (κ3) is 3.19. The highest BCUT2D eigenvalue weighted by Crippen LogP contribution is 2.31. The highest BCUT2D eigenvalue weighted by atomic mass is 16.5. The van der Waals surface area contributed by atoms with Crippen molar-refractivity contribution in [2.75, 3.05) is 7.11 Å². The number of carbonyl (C=O) groups is 2. The molecule has 0 aliphatic rings. The Bertz CT molecular complexity index is 318. The van der Waals surface area contributed by atoms with Crippen molar-refractivity contribution in [3.63, 3.8) is 0 Å². The van der Waals surface area contributed by atoms with Crippen molar-refractivity contribution < 1.29 is 19.4 Å². The van der Waals surface area contributed by atoms with Crippen molar-refractivity contribution in [2.45, 2.75) is 52.7 Å². The first-order valence-electron chi connectivity index (χ1n) is 5.49. The maximum atomic E-state index is 12.0. The molecule has 0 unspecified atom stereocenters. The fraction of sp³-hybridized carbons (Fsp3) is 0.833. The Kier molecular flexibility index (Phi) is 4.34. The number of carbonyl (C=O) groups excluding carboxylic acids is 1. The van der Waals surface area contributed by atoms with Gasteiger partial charge in [0.15, 0.2) is 0 Å². The first-order chi connectivity index (χ1) is 7.38. The van der Waals surface area contributed by atoms with Crippen molar-refractivity contribution in [2.24, 2.45) is 5.41 Å². The third-order valence-corrected chi connectivity index (χ3v) is 3.58. The van der Waals surface area contributed by atoms with Crippen LogP contribution in [0.5, 0.6) is 0 Å². The number of carboxylic acids is 1. The molecular weight excluding hydrogens is 222 g/mol. The first-order valence-corrected chi connectivity index (χ1v) is 5.49. The van der Waals surface area contributed by atoms with E-state index in [0.717, 1.165) is 0 Å². The van der Waals surface area contributed by atoms with Gasteiger partial charge in [-0.25, -0.2) is 0 Å². The zero-order chi connectivity index (χ0) is 14.1.